The molecule has 5 rings (SSSR count). The second kappa shape index (κ2) is 12.3. The number of amides is 2. The largest absolute Gasteiger partial charge is 0.476 e. The first-order valence-electron chi connectivity index (χ1n) is 13.0. The van der Waals surface area contributed by atoms with E-state index in [2.05, 4.69) is 5.32 Å². The summed E-state index contributed by atoms with van der Waals surface area (Å²) in [5, 5.41) is 21.5. The fourth-order valence-electron chi connectivity index (χ4n) is 4.48. The highest BCUT2D eigenvalue weighted by Crippen LogP contribution is 2.39. The van der Waals surface area contributed by atoms with Gasteiger partial charge in [-0.3, -0.25) is 4.79 Å². The number of carboxylic acids is 1. The molecule has 1 saturated carbocycles. The van der Waals surface area contributed by atoms with Crippen molar-refractivity contribution >= 4 is 39.6 Å². The highest BCUT2D eigenvalue weighted by atomic mass is 32.2. The van der Waals surface area contributed by atoms with Gasteiger partial charge in [0.05, 0.1) is 16.2 Å². The molecule has 2 heterocycles. The number of benzene rings is 2. The molecular formula is C27H27FN2O10S2. The third kappa shape index (κ3) is 6.53. The Balaban J connectivity index is 1.40. The molecule has 2 unspecified atom stereocenters. The van der Waals surface area contributed by atoms with Crippen molar-refractivity contribution in [2.75, 3.05) is 13.2 Å². The van der Waals surface area contributed by atoms with Crippen LogP contribution in [0.15, 0.2) is 64.2 Å². The summed E-state index contributed by atoms with van der Waals surface area (Å²) in [6.45, 7) is 0.831. The van der Waals surface area contributed by atoms with Gasteiger partial charge in [-0.15, -0.1) is 0 Å². The van der Waals surface area contributed by atoms with Crippen molar-refractivity contribution < 1.29 is 51.6 Å². The van der Waals surface area contributed by atoms with Crippen LogP contribution < -0.4 is 10.1 Å². The molecular weight excluding hydrogens is 595 g/mol. The zero-order valence-electron chi connectivity index (χ0n) is 22.0. The van der Waals surface area contributed by atoms with E-state index in [0.717, 1.165) is 12.1 Å². The molecule has 1 aliphatic carbocycles. The Bertz CT molecular complexity index is 1490. The Hall–Kier alpha value is -3.66. The van der Waals surface area contributed by atoms with E-state index in [0.29, 0.717) is 61.1 Å². The van der Waals surface area contributed by atoms with Crippen LogP contribution in [0.25, 0.3) is 0 Å². The molecule has 3 aliphatic rings. The average Bonchev–Trinajstić information content (AvgIpc) is 3.76. The molecule has 15 heteroatoms. The van der Waals surface area contributed by atoms with Gasteiger partial charge in [0, 0.05) is 13.2 Å². The first-order chi connectivity index (χ1) is 20.0. The van der Waals surface area contributed by atoms with Crippen LogP contribution in [-0.4, -0.2) is 71.6 Å². The highest BCUT2D eigenvalue weighted by Gasteiger charge is 2.44. The Kier molecular flexibility index (Phi) is 8.73. The molecule has 2 aliphatic heterocycles. The second-order valence-corrected chi connectivity index (χ2v) is 13.1. The molecule has 0 radical (unpaired) electrons. The molecule has 2 aromatic rings. The number of sulfone groups is 1. The van der Waals surface area contributed by atoms with E-state index in [9.17, 15) is 37.4 Å². The number of nitrogens with one attached hydrogen (secondary N) is 1. The van der Waals surface area contributed by atoms with E-state index in [4.69, 9.17) is 14.2 Å². The second-order valence-electron chi connectivity index (χ2n) is 9.77. The number of hydrogen-bond acceptors (Lipinski definition) is 9. The maximum absolute atomic E-state index is 13.7. The van der Waals surface area contributed by atoms with Gasteiger partial charge in [-0.1, -0.05) is 12.1 Å². The number of aliphatic carboxylic acids is 1. The number of carboxylic acid groups (broad SMARTS) is 2. The van der Waals surface area contributed by atoms with Gasteiger partial charge in [0.1, 0.15) is 11.6 Å². The van der Waals surface area contributed by atoms with Crippen molar-refractivity contribution in [3.63, 3.8) is 0 Å². The maximum Gasteiger partial charge on any atom is 0.414 e. The molecule has 12 nitrogen and oxygen atoms in total. The monoisotopic (exact) mass is 622 g/mol. The van der Waals surface area contributed by atoms with Crippen molar-refractivity contribution in [3.8, 4) is 5.75 Å². The Morgan fingerprint density at radius 1 is 1.00 bits per heavy atom. The molecule has 2 fully saturated rings. The number of carbonyl (C=O) groups is 3. The lowest BCUT2D eigenvalue weighted by Crippen LogP contribution is -2.48. The lowest BCUT2D eigenvalue weighted by atomic mass is 10.1. The minimum absolute atomic E-state index is 0.0527. The van der Waals surface area contributed by atoms with Gasteiger partial charge < -0.3 is 29.7 Å². The van der Waals surface area contributed by atoms with Crippen LogP contribution in [0.2, 0.25) is 0 Å². The predicted octanol–water partition coefficient (Wildman–Crippen LogP) is 3.46. The number of rotatable bonds is 10. The van der Waals surface area contributed by atoms with E-state index in [1.54, 1.807) is 0 Å². The van der Waals surface area contributed by atoms with E-state index in [1.165, 1.54) is 36.4 Å². The third-order valence-electron chi connectivity index (χ3n) is 6.80. The lowest BCUT2D eigenvalue weighted by molar-refractivity contribution is -0.143. The SMILES string of the molecule is O=C(O)C1=C(Oc2ccc(F)cc2)SC(NC(=O)C(OC2CCOCC2)c2ccc(S(=O)(=O)C3CC3)cc2)N1C(=O)O. The number of thioether (sulfide) groups is 1. The zero-order chi connectivity index (χ0) is 30.0. The van der Waals surface area contributed by atoms with Crippen LogP contribution in [-0.2, 0) is 28.9 Å². The Labute approximate surface area is 244 Å². The van der Waals surface area contributed by atoms with Crippen LogP contribution >= 0.6 is 11.8 Å². The molecule has 2 aromatic carbocycles. The first-order valence-corrected chi connectivity index (χ1v) is 15.4. The lowest BCUT2D eigenvalue weighted by Gasteiger charge is -2.29. The summed E-state index contributed by atoms with van der Waals surface area (Å²) in [4.78, 5) is 38.5. The minimum Gasteiger partial charge on any atom is -0.476 e. The van der Waals surface area contributed by atoms with Crippen LogP contribution in [0.3, 0.4) is 0 Å². The normalized spacial score (nSPS) is 20.3. The van der Waals surface area contributed by atoms with Gasteiger partial charge in [-0.05, 0) is 79.4 Å². The summed E-state index contributed by atoms with van der Waals surface area (Å²) >= 11 is 0.627. The van der Waals surface area contributed by atoms with E-state index in [-0.39, 0.29) is 21.8 Å². The van der Waals surface area contributed by atoms with Gasteiger partial charge in [0.25, 0.3) is 5.91 Å². The average molecular weight is 623 g/mol. The number of nitrogens with zero attached hydrogens (tertiary/aromatic N) is 1. The fraction of sp³-hybridized carbons (Fsp3) is 0.370. The smallest absolute Gasteiger partial charge is 0.414 e. The van der Waals surface area contributed by atoms with E-state index >= 15 is 0 Å². The van der Waals surface area contributed by atoms with Gasteiger partial charge in [-0.25, -0.2) is 27.3 Å². The van der Waals surface area contributed by atoms with Gasteiger partial charge in [0.15, 0.2) is 32.2 Å². The molecule has 1 saturated heterocycles. The summed E-state index contributed by atoms with van der Waals surface area (Å²) in [6.07, 6.45) is -1.13. The maximum atomic E-state index is 13.7. The zero-order valence-corrected chi connectivity index (χ0v) is 23.6. The van der Waals surface area contributed by atoms with Gasteiger partial charge >= 0.3 is 12.1 Å². The topological polar surface area (TPSA) is 169 Å². The Morgan fingerprint density at radius 3 is 2.21 bits per heavy atom. The quantitative estimate of drug-likeness (QED) is 0.355. The summed E-state index contributed by atoms with van der Waals surface area (Å²) in [7, 11) is -3.47. The number of halogens is 1. The van der Waals surface area contributed by atoms with E-state index < -0.39 is 56.2 Å². The van der Waals surface area contributed by atoms with Crippen LogP contribution in [0.1, 0.15) is 37.4 Å². The number of carbonyl (C=O) groups excluding carboxylic acids is 1. The first kappa shape index (κ1) is 29.8. The van der Waals surface area contributed by atoms with Crippen molar-refractivity contribution in [1.29, 1.82) is 0 Å². The summed E-state index contributed by atoms with van der Waals surface area (Å²) < 4.78 is 55.7. The molecule has 224 valence electrons. The molecule has 0 aromatic heterocycles. The van der Waals surface area contributed by atoms with Crippen molar-refractivity contribution in [3.05, 3.63) is 70.7 Å². The number of hydrogen-bond donors (Lipinski definition) is 3. The van der Waals surface area contributed by atoms with Gasteiger partial charge in [0.2, 0.25) is 0 Å². The third-order valence-corrected chi connectivity index (χ3v) is 10.1. The van der Waals surface area contributed by atoms with Crippen LogP contribution in [0.4, 0.5) is 9.18 Å². The van der Waals surface area contributed by atoms with Crippen molar-refractivity contribution in [2.24, 2.45) is 0 Å². The van der Waals surface area contributed by atoms with Crippen LogP contribution in [0.5, 0.6) is 5.75 Å². The standard InChI is InChI=1S/C27H27FN2O10S2/c28-16-3-5-17(6-4-16)40-25-21(24(32)33)30(27(34)35)26(41-25)29-23(31)22(39-18-11-13-38-14-12-18)15-1-7-19(8-2-15)42(36,37)20-9-10-20/h1-8,18,20,22,26H,9-14H2,(H,29,31)(H,32,33)(H,34,35). The van der Waals surface area contributed by atoms with Gasteiger partial charge in [-0.2, -0.15) is 0 Å². The van der Waals surface area contributed by atoms with Crippen molar-refractivity contribution in [1.82, 2.24) is 10.2 Å². The molecule has 2 amide bonds. The molecule has 0 spiro atoms. The van der Waals surface area contributed by atoms with Crippen LogP contribution in [0, 0.1) is 5.82 Å². The molecule has 3 N–H and O–H groups in total. The molecule has 42 heavy (non-hydrogen) atoms. The molecule has 0 bridgehead atoms. The minimum atomic E-state index is -3.47. The predicted molar refractivity (Wildman–Crippen MR) is 145 cm³/mol. The van der Waals surface area contributed by atoms with Crippen molar-refractivity contribution in [2.45, 2.75) is 53.5 Å². The summed E-state index contributed by atoms with van der Waals surface area (Å²) in [5.41, 5.74) is -1.86. The van der Waals surface area contributed by atoms with E-state index in [1.807, 2.05) is 0 Å². The highest BCUT2D eigenvalue weighted by molar-refractivity contribution is 8.03. The molecule has 2 atom stereocenters. The summed E-state index contributed by atoms with van der Waals surface area (Å²) in [5.74, 6) is -2.91. The Morgan fingerprint density at radius 2 is 1.64 bits per heavy atom. The number of ether oxygens (including phenoxy) is 3. The summed E-state index contributed by atoms with van der Waals surface area (Å²) in [6, 6.07) is 10.4. The fourth-order valence-corrected chi connectivity index (χ4v) is 7.26.